The summed E-state index contributed by atoms with van der Waals surface area (Å²) in [5, 5.41) is 11.3. The molecule has 3 heterocycles. The number of carbonyl (C=O) groups excluding carboxylic acids is 2. The molecule has 3 aromatic rings. The fourth-order valence-electron chi connectivity index (χ4n) is 4.81. The lowest BCUT2D eigenvalue weighted by molar-refractivity contribution is 0.00880. The van der Waals surface area contributed by atoms with Crippen molar-refractivity contribution in [2.24, 2.45) is 0 Å². The van der Waals surface area contributed by atoms with E-state index >= 15 is 0 Å². The summed E-state index contributed by atoms with van der Waals surface area (Å²) < 4.78 is 18.5. The van der Waals surface area contributed by atoms with Crippen LogP contribution in [0.25, 0.3) is 21.3 Å². The van der Waals surface area contributed by atoms with Crippen LogP contribution >= 0.6 is 11.3 Å². The standard InChI is InChI=1S/C28H32N2O7S/c1-6-36-26(33)19-12-30(15-7-8-15)23-17(24(19)32)10-9-16(25(23)35-5)21-11-18-20(31)13-29(14-22(18)38-21)27(34)37-28(2,3)4/h9-12,15,20,31H,6-8,13-14H2,1-5H3. The first-order chi connectivity index (χ1) is 18.0. The Labute approximate surface area is 224 Å². The highest BCUT2D eigenvalue weighted by atomic mass is 32.1. The number of thiophene rings is 1. The second-order valence-corrected chi connectivity index (χ2v) is 11.8. The van der Waals surface area contributed by atoms with Crippen molar-refractivity contribution in [2.75, 3.05) is 20.3 Å². The summed E-state index contributed by atoms with van der Waals surface area (Å²) in [5.74, 6) is -0.106. The first-order valence-electron chi connectivity index (χ1n) is 12.7. The first kappa shape index (κ1) is 26.2. The first-order valence-corrected chi connectivity index (χ1v) is 13.6. The Hall–Kier alpha value is -3.37. The fourth-order valence-corrected chi connectivity index (χ4v) is 6.06. The summed E-state index contributed by atoms with van der Waals surface area (Å²) in [6.45, 7) is 7.79. The van der Waals surface area contributed by atoms with Crippen molar-refractivity contribution in [3.05, 3.63) is 50.6 Å². The maximum absolute atomic E-state index is 13.3. The zero-order valence-electron chi connectivity index (χ0n) is 22.2. The van der Waals surface area contributed by atoms with Crippen LogP contribution in [0.5, 0.6) is 5.75 Å². The average molecular weight is 541 g/mol. The van der Waals surface area contributed by atoms with Crippen molar-refractivity contribution in [3.8, 4) is 16.2 Å². The molecule has 1 amide bonds. The van der Waals surface area contributed by atoms with Gasteiger partial charge in [-0.3, -0.25) is 4.79 Å². The molecule has 1 unspecified atom stereocenters. The summed E-state index contributed by atoms with van der Waals surface area (Å²) in [5.41, 5.74) is 1.16. The normalized spacial score (nSPS) is 17.3. The molecule has 1 aliphatic heterocycles. The van der Waals surface area contributed by atoms with Crippen LogP contribution in [-0.4, -0.2) is 52.5 Å². The summed E-state index contributed by atoms with van der Waals surface area (Å²) in [4.78, 5) is 41.7. The smallest absolute Gasteiger partial charge is 0.410 e. The molecule has 38 heavy (non-hydrogen) atoms. The Morgan fingerprint density at radius 1 is 1.21 bits per heavy atom. The zero-order valence-corrected chi connectivity index (χ0v) is 23.0. The number of rotatable bonds is 5. The molecule has 0 radical (unpaired) electrons. The molecule has 1 aromatic carbocycles. The van der Waals surface area contributed by atoms with Gasteiger partial charge in [0.05, 0.1) is 43.8 Å². The van der Waals surface area contributed by atoms with Gasteiger partial charge >= 0.3 is 12.1 Å². The van der Waals surface area contributed by atoms with E-state index < -0.39 is 29.2 Å². The van der Waals surface area contributed by atoms with E-state index in [2.05, 4.69) is 0 Å². The van der Waals surface area contributed by atoms with E-state index in [0.717, 1.165) is 33.7 Å². The summed E-state index contributed by atoms with van der Waals surface area (Å²) in [7, 11) is 1.56. The molecule has 1 N–H and O–H groups in total. The van der Waals surface area contributed by atoms with Gasteiger partial charge in [-0.25, -0.2) is 9.59 Å². The van der Waals surface area contributed by atoms with Crippen molar-refractivity contribution < 1.29 is 28.9 Å². The number of hydrogen-bond acceptors (Lipinski definition) is 8. The molecule has 0 spiro atoms. The number of aromatic nitrogens is 1. The van der Waals surface area contributed by atoms with Crippen LogP contribution in [0.2, 0.25) is 0 Å². The summed E-state index contributed by atoms with van der Waals surface area (Å²) in [6.07, 6.45) is 2.15. The van der Waals surface area contributed by atoms with Crippen molar-refractivity contribution in [1.29, 1.82) is 0 Å². The monoisotopic (exact) mass is 540 g/mol. The average Bonchev–Trinajstić information content (AvgIpc) is 3.60. The zero-order chi connectivity index (χ0) is 27.4. The predicted octanol–water partition coefficient (Wildman–Crippen LogP) is 5.03. The summed E-state index contributed by atoms with van der Waals surface area (Å²) >= 11 is 1.47. The molecule has 0 saturated heterocycles. The van der Waals surface area contributed by atoms with Gasteiger partial charge in [-0.05, 0) is 64.3 Å². The molecule has 5 rings (SSSR count). The number of aliphatic hydroxyl groups excluding tert-OH is 1. The van der Waals surface area contributed by atoms with Gasteiger partial charge in [0.2, 0.25) is 5.43 Å². The Bertz CT molecular complexity index is 1480. The van der Waals surface area contributed by atoms with Crippen LogP contribution in [0.3, 0.4) is 0 Å². The lowest BCUT2D eigenvalue weighted by atomic mass is 10.0. The van der Waals surface area contributed by atoms with Gasteiger partial charge in [0.1, 0.15) is 11.2 Å². The number of hydrogen-bond donors (Lipinski definition) is 1. The molecule has 2 aromatic heterocycles. The van der Waals surface area contributed by atoms with Crippen LogP contribution < -0.4 is 10.2 Å². The lowest BCUT2D eigenvalue weighted by Gasteiger charge is -2.32. The number of carbonyl (C=O) groups is 2. The number of methoxy groups -OCH3 is 1. The van der Waals surface area contributed by atoms with E-state index in [1.807, 2.05) is 37.5 Å². The number of esters is 1. The van der Waals surface area contributed by atoms with Crippen molar-refractivity contribution in [2.45, 2.75) is 64.8 Å². The van der Waals surface area contributed by atoms with E-state index in [1.165, 1.54) is 16.2 Å². The lowest BCUT2D eigenvalue weighted by Crippen LogP contribution is -2.41. The maximum Gasteiger partial charge on any atom is 0.410 e. The van der Waals surface area contributed by atoms with E-state index in [9.17, 15) is 19.5 Å². The van der Waals surface area contributed by atoms with Gasteiger partial charge in [-0.1, -0.05) is 0 Å². The van der Waals surface area contributed by atoms with Crippen molar-refractivity contribution >= 4 is 34.3 Å². The van der Waals surface area contributed by atoms with Gasteiger partial charge in [-0.15, -0.1) is 11.3 Å². The molecule has 1 atom stereocenters. The Morgan fingerprint density at radius 2 is 1.95 bits per heavy atom. The van der Waals surface area contributed by atoms with Gasteiger partial charge in [0.15, 0.2) is 5.75 Å². The fraction of sp³-hybridized carbons (Fsp3) is 0.464. The number of amides is 1. The second-order valence-electron chi connectivity index (χ2n) is 10.6. The number of benzene rings is 1. The van der Waals surface area contributed by atoms with Gasteiger partial charge in [-0.2, -0.15) is 0 Å². The molecule has 10 heteroatoms. The summed E-state index contributed by atoms with van der Waals surface area (Å²) in [6, 6.07) is 5.62. The second kappa shape index (κ2) is 9.74. The molecule has 202 valence electrons. The third-order valence-electron chi connectivity index (χ3n) is 6.63. The number of aliphatic hydroxyl groups is 1. The minimum atomic E-state index is -0.848. The molecule has 1 fully saturated rings. The molecular weight excluding hydrogens is 508 g/mol. The van der Waals surface area contributed by atoms with Crippen molar-refractivity contribution in [3.63, 3.8) is 0 Å². The van der Waals surface area contributed by atoms with Crippen LogP contribution in [0.4, 0.5) is 4.79 Å². The topological polar surface area (TPSA) is 107 Å². The number of fused-ring (bicyclic) bond motifs is 2. The molecular formula is C28H32N2O7S. The third kappa shape index (κ3) is 4.78. The Balaban J connectivity index is 1.59. The minimum absolute atomic E-state index is 0.0120. The Kier molecular flexibility index (Phi) is 6.73. The largest absolute Gasteiger partial charge is 0.494 e. The predicted molar refractivity (Wildman–Crippen MR) is 144 cm³/mol. The van der Waals surface area contributed by atoms with Crippen LogP contribution in [0.15, 0.2) is 29.2 Å². The maximum atomic E-state index is 13.3. The van der Waals surface area contributed by atoms with Gasteiger partial charge in [0.25, 0.3) is 0 Å². The van der Waals surface area contributed by atoms with E-state index in [4.69, 9.17) is 14.2 Å². The quantitative estimate of drug-likeness (QED) is 0.452. The molecule has 1 saturated carbocycles. The highest BCUT2D eigenvalue weighted by Crippen LogP contribution is 2.46. The van der Waals surface area contributed by atoms with Gasteiger partial charge < -0.3 is 28.8 Å². The molecule has 0 bridgehead atoms. The molecule has 9 nitrogen and oxygen atoms in total. The van der Waals surface area contributed by atoms with Crippen LogP contribution in [0, 0.1) is 0 Å². The highest BCUT2D eigenvalue weighted by Gasteiger charge is 2.33. The SMILES string of the molecule is CCOC(=O)c1cn(C2CC2)c2c(OC)c(-c3cc4c(s3)CN(C(=O)OC(C)(C)C)CC4O)ccc2c1=O. The van der Waals surface area contributed by atoms with E-state index in [1.54, 1.807) is 26.3 Å². The van der Waals surface area contributed by atoms with Crippen LogP contribution in [0.1, 0.15) is 73.5 Å². The number of β-amino-alcohol motifs (C(OH)–C–C–N with tert-alkyl or cyclic N) is 1. The van der Waals surface area contributed by atoms with E-state index in [-0.39, 0.29) is 24.8 Å². The Morgan fingerprint density at radius 3 is 2.58 bits per heavy atom. The van der Waals surface area contributed by atoms with Crippen molar-refractivity contribution in [1.82, 2.24) is 9.47 Å². The van der Waals surface area contributed by atoms with Gasteiger partial charge in [0, 0.05) is 27.6 Å². The highest BCUT2D eigenvalue weighted by molar-refractivity contribution is 7.15. The minimum Gasteiger partial charge on any atom is -0.494 e. The van der Waals surface area contributed by atoms with E-state index in [0.29, 0.717) is 23.2 Å². The number of ether oxygens (including phenoxy) is 3. The molecule has 1 aliphatic carbocycles. The molecule has 2 aliphatic rings. The van der Waals surface area contributed by atoms with Crippen LogP contribution in [-0.2, 0) is 16.0 Å². The third-order valence-corrected chi connectivity index (χ3v) is 7.80. The number of pyridine rings is 1. The number of nitrogens with zero attached hydrogens (tertiary/aromatic N) is 2.